The molecule has 0 radical (unpaired) electrons. The van der Waals surface area contributed by atoms with Crippen LogP contribution in [0.4, 0.5) is 0 Å². The summed E-state index contributed by atoms with van der Waals surface area (Å²) in [6, 6.07) is 0. The second kappa shape index (κ2) is 5.24. The molecule has 0 spiro atoms. The molecular weight excluding hydrogens is 200 g/mol. The fourth-order valence-electron chi connectivity index (χ4n) is 2.01. The van der Waals surface area contributed by atoms with Crippen molar-refractivity contribution in [3.05, 3.63) is 24.3 Å². The van der Waals surface area contributed by atoms with Gasteiger partial charge in [0.1, 0.15) is 0 Å². The highest BCUT2D eigenvalue weighted by atomic mass is 16.2. The van der Waals surface area contributed by atoms with Crippen molar-refractivity contribution in [3.8, 4) is 0 Å². The molecule has 1 rings (SSSR count). The van der Waals surface area contributed by atoms with Crippen molar-refractivity contribution >= 4 is 11.6 Å². The lowest BCUT2D eigenvalue weighted by Gasteiger charge is -2.28. The Kier molecular flexibility index (Phi) is 4.22. The smallest absolute Gasteiger partial charge is 0.224 e. The van der Waals surface area contributed by atoms with Gasteiger partial charge in [0, 0.05) is 6.42 Å². The van der Waals surface area contributed by atoms with Crippen LogP contribution in [-0.2, 0) is 9.59 Å². The normalized spacial score (nSPS) is 18.8. The summed E-state index contributed by atoms with van der Waals surface area (Å²) in [5, 5.41) is 0. The maximum absolute atomic E-state index is 11.8. The molecule has 0 saturated carbocycles. The second-order valence-corrected chi connectivity index (χ2v) is 5.19. The van der Waals surface area contributed by atoms with Gasteiger partial charge < -0.3 is 0 Å². The number of allylic oxidation sites excluding steroid dienone is 3. The first-order valence-electron chi connectivity index (χ1n) is 5.84. The summed E-state index contributed by atoms with van der Waals surface area (Å²) in [6.07, 6.45) is 7.20. The van der Waals surface area contributed by atoms with Crippen molar-refractivity contribution in [1.29, 1.82) is 0 Å². The van der Waals surface area contributed by atoms with E-state index in [0.29, 0.717) is 18.4 Å². The molecule has 0 N–H and O–H groups in total. The molecular formula is C14H20O2. The number of carbonyl (C=O) groups excluding carboxylic acids is 2. The summed E-state index contributed by atoms with van der Waals surface area (Å²) in [6.45, 7) is 7.83. The lowest BCUT2D eigenvalue weighted by atomic mass is 9.76. The average molecular weight is 220 g/mol. The molecule has 0 aromatic heterocycles. The zero-order chi connectivity index (χ0) is 12.2. The first-order valence-corrected chi connectivity index (χ1v) is 5.84. The van der Waals surface area contributed by atoms with Gasteiger partial charge in [-0.25, -0.2) is 0 Å². The maximum Gasteiger partial charge on any atom is 0.224 e. The third-order valence-electron chi connectivity index (χ3n) is 3.00. The van der Waals surface area contributed by atoms with Gasteiger partial charge in [-0.1, -0.05) is 26.0 Å². The SMILES string of the molecule is C=CCCC(=O)C(=O)C1=CCCC(C)(C)C1. The van der Waals surface area contributed by atoms with E-state index in [-0.39, 0.29) is 17.0 Å². The van der Waals surface area contributed by atoms with Crippen molar-refractivity contribution in [2.75, 3.05) is 0 Å². The Hall–Kier alpha value is -1.18. The number of hydrogen-bond acceptors (Lipinski definition) is 2. The standard InChI is InChI=1S/C14H20O2/c1-4-5-8-12(15)13(16)11-7-6-9-14(2,3)10-11/h4,7H,1,5-6,8-10H2,2-3H3. The highest BCUT2D eigenvalue weighted by Crippen LogP contribution is 2.35. The van der Waals surface area contributed by atoms with E-state index in [1.807, 2.05) is 6.08 Å². The first-order chi connectivity index (χ1) is 7.46. The zero-order valence-corrected chi connectivity index (χ0v) is 10.2. The fourth-order valence-corrected chi connectivity index (χ4v) is 2.01. The van der Waals surface area contributed by atoms with Gasteiger partial charge in [-0.3, -0.25) is 9.59 Å². The van der Waals surface area contributed by atoms with Gasteiger partial charge in [-0.15, -0.1) is 6.58 Å². The van der Waals surface area contributed by atoms with Crippen LogP contribution >= 0.6 is 0 Å². The number of ketones is 2. The predicted molar refractivity (Wildman–Crippen MR) is 65.2 cm³/mol. The molecule has 1 aliphatic rings. The van der Waals surface area contributed by atoms with Gasteiger partial charge in [-0.2, -0.15) is 0 Å². The van der Waals surface area contributed by atoms with Crippen molar-refractivity contribution in [2.45, 2.75) is 46.0 Å². The van der Waals surface area contributed by atoms with Crippen LogP contribution in [0.5, 0.6) is 0 Å². The van der Waals surface area contributed by atoms with Crippen LogP contribution in [-0.4, -0.2) is 11.6 Å². The van der Waals surface area contributed by atoms with Gasteiger partial charge in [-0.05, 0) is 36.7 Å². The largest absolute Gasteiger partial charge is 0.290 e. The van der Waals surface area contributed by atoms with Crippen LogP contribution in [0.3, 0.4) is 0 Å². The van der Waals surface area contributed by atoms with E-state index >= 15 is 0 Å². The Morgan fingerprint density at radius 3 is 2.75 bits per heavy atom. The molecule has 0 bridgehead atoms. The molecule has 2 nitrogen and oxygen atoms in total. The first kappa shape index (κ1) is 12.9. The van der Waals surface area contributed by atoms with E-state index in [9.17, 15) is 9.59 Å². The van der Waals surface area contributed by atoms with E-state index in [1.54, 1.807) is 6.08 Å². The molecule has 0 aliphatic heterocycles. The molecule has 0 amide bonds. The van der Waals surface area contributed by atoms with E-state index < -0.39 is 0 Å². The summed E-state index contributed by atoms with van der Waals surface area (Å²) in [5.74, 6) is -0.557. The molecule has 0 unspecified atom stereocenters. The average Bonchev–Trinajstić information content (AvgIpc) is 2.23. The lowest BCUT2D eigenvalue weighted by Crippen LogP contribution is -2.24. The third-order valence-corrected chi connectivity index (χ3v) is 3.00. The summed E-state index contributed by atoms with van der Waals surface area (Å²) in [5.41, 5.74) is 0.865. The lowest BCUT2D eigenvalue weighted by molar-refractivity contribution is -0.134. The van der Waals surface area contributed by atoms with Crippen LogP contribution in [0.15, 0.2) is 24.3 Å². The summed E-state index contributed by atoms with van der Waals surface area (Å²) in [7, 11) is 0. The van der Waals surface area contributed by atoms with Crippen molar-refractivity contribution < 1.29 is 9.59 Å². The molecule has 2 heteroatoms. The molecule has 0 aromatic rings. The van der Waals surface area contributed by atoms with Gasteiger partial charge in [0.05, 0.1) is 0 Å². The van der Waals surface area contributed by atoms with E-state index in [4.69, 9.17) is 0 Å². The molecule has 0 atom stereocenters. The summed E-state index contributed by atoms with van der Waals surface area (Å²) >= 11 is 0. The minimum Gasteiger partial charge on any atom is -0.290 e. The van der Waals surface area contributed by atoms with E-state index in [1.165, 1.54) is 0 Å². The topological polar surface area (TPSA) is 34.1 Å². The zero-order valence-electron chi connectivity index (χ0n) is 10.2. The fraction of sp³-hybridized carbons (Fsp3) is 0.571. The maximum atomic E-state index is 11.8. The Morgan fingerprint density at radius 1 is 1.50 bits per heavy atom. The number of rotatable bonds is 5. The van der Waals surface area contributed by atoms with E-state index in [2.05, 4.69) is 20.4 Å². The number of Topliss-reactive ketones (excluding diaryl/α,β-unsaturated/α-hetero) is 2. The summed E-state index contributed by atoms with van der Waals surface area (Å²) < 4.78 is 0. The molecule has 0 saturated heterocycles. The van der Waals surface area contributed by atoms with Crippen molar-refractivity contribution in [1.82, 2.24) is 0 Å². The van der Waals surface area contributed by atoms with Crippen molar-refractivity contribution in [3.63, 3.8) is 0 Å². The minimum atomic E-state index is -0.283. The minimum absolute atomic E-state index is 0.151. The van der Waals surface area contributed by atoms with Gasteiger partial charge >= 0.3 is 0 Å². The molecule has 16 heavy (non-hydrogen) atoms. The van der Waals surface area contributed by atoms with Crippen LogP contribution in [0.25, 0.3) is 0 Å². The quantitative estimate of drug-likeness (QED) is 0.526. The predicted octanol–water partition coefficient (Wildman–Crippen LogP) is 3.23. The highest BCUT2D eigenvalue weighted by Gasteiger charge is 2.28. The molecule has 88 valence electrons. The second-order valence-electron chi connectivity index (χ2n) is 5.19. The van der Waals surface area contributed by atoms with Crippen molar-refractivity contribution in [2.24, 2.45) is 5.41 Å². The van der Waals surface area contributed by atoms with E-state index in [0.717, 1.165) is 19.3 Å². The van der Waals surface area contributed by atoms with Crippen LogP contribution in [0.2, 0.25) is 0 Å². The Labute approximate surface area is 97.4 Å². The molecule has 0 heterocycles. The monoisotopic (exact) mass is 220 g/mol. The molecule has 0 fully saturated rings. The van der Waals surface area contributed by atoms with Gasteiger partial charge in [0.25, 0.3) is 0 Å². The number of carbonyl (C=O) groups is 2. The third kappa shape index (κ3) is 3.44. The molecule has 0 aromatic carbocycles. The summed E-state index contributed by atoms with van der Waals surface area (Å²) in [4.78, 5) is 23.4. The van der Waals surface area contributed by atoms with Gasteiger partial charge in [0.15, 0.2) is 0 Å². The van der Waals surface area contributed by atoms with Crippen LogP contribution < -0.4 is 0 Å². The van der Waals surface area contributed by atoms with Crippen LogP contribution in [0, 0.1) is 5.41 Å². The number of hydrogen-bond donors (Lipinski definition) is 0. The Balaban J connectivity index is 2.64. The Morgan fingerprint density at radius 2 is 2.19 bits per heavy atom. The highest BCUT2D eigenvalue weighted by molar-refractivity contribution is 6.43. The molecule has 1 aliphatic carbocycles. The van der Waals surface area contributed by atoms with Gasteiger partial charge in [0.2, 0.25) is 11.6 Å². The van der Waals surface area contributed by atoms with Crippen LogP contribution in [0.1, 0.15) is 46.0 Å². The Bertz CT molecular complexity index is 335.